The summed E-state index contributed by atoms with van der Waals surface area (Å²) in [4.78, 5) is 88.7. The van der Waals surface area contributed by atoms with Crippen molar-refractivity contribution in [2.45, 2.75) is 64.5 Å². The molecule has 16 nitrogen and oxygen atoms in total. The summed E-state index contributed by atoms with van der Waals surface area (Å²) in [7, 11) is 1.52. The van der Waals surface area contributed by atoms with Crippen LogP contribution in [0.1, 0.15) is 79.1 Å². The van der Waals surface area contributed by atoms with E-state index in [0.29, 0.717) is 22.1 Å². The van der Waals surface area contributed by atoms with Crippen molar-refractivity contribution in [3.05, 3.63) is 81.2 Å². The predicted molar refractivity (Wildman–Crippen MR) is 239 cm³/mol. The second-order valence-corrected chi connectivity index (χ2v) is 18.3. The molecule has 0 radical (unpaired) electrons. The maximum absolute atomic E-state index is 13.4. The fourth-order valence-electron chi connectivity index (χ4n) is 9.92. The molecule has 3 N–H and O–H groups in total. The van der Waals surface area contributed by atoms with Crippen molar-refractivity contribution in [3.63, 3.8) is 0 Å². The van der Waals surface area contributed by atoms with E-state index in [-0.39, 0.29) is 48.1 Å². The van der Waals surface area contributed by atoms with Gasteiger partial charge in [0.05, 0.1) is 33.6 Å². The second-order valence-electron chi connectivity index (χ2n) is 17.9. The number of hydrogen-bond acceptors (Lipinski definition) is 12. The first-order valence-electron chi connectivity index (χ1n) is 21.8. The highest BCUT2D eigenvalue weighted by atomic mass is 35.5. The third-order valence-corrected chi connectivity index (χ3v) is 13.8. The molecular weight excluding hydrogens is 826 g/mol. The molecule has 63 heavy (non-hydrogen) atoms. The number of likely N-dealkylation sites (N-methyl/N-ethyl adjacent to an activating group) is 1. The Kier molecular flexibility index (Phi) is 11.4. The quantitative estimate of drug-likeness (QED) is 0.177. The van der Waals surface area contributed by atoms with Gasteiger partial charge in [0, 0.05) is 80.5 Å². The maximum atomic E-state index is 13.4. The second kappa shape index (κ2) is 16.9. The van der Waals surface area contributed by atoms with Gasteiger partial charge in [-0.05, 0) is 107 Å². The number of likely N-dealkylation sites (tertiary alicyclic amines) is 1. The third kappa shape index (κ3) is 8.21. The van der Waals surface area contributed by atoms with Gasteiger partial charge in [-0.2, -0.15) is 0 Å². The van der Waals surface area contributed by atoms with Gasteiger partial charge in [0.25, 0.3) is 23.3 Å². The van der Waals surface area contributed by atoms with Crippen LogP contribution in [0.4, 0.5) is 22.9 Å². The lowest BCUT2D eigenvalue weighted by atomic mass is 9.71. The fraction of sp³-hybridized carbons (Fsp3) is 0.457. The lowest BCUT2D eigenvalue weighted by Gasteiger charge is -2.55. The van der Waals surface area contributed by atoms with Gasteiger partial charge in [0.1, 0.15) is 11.9 Å². The molecule has 4 aromatic rings. The molecule has 0 aliphatic carbocycles. The van der Waals surface area contributed by atoms with E-state index in [4.69, 9.17) is 21.3 Å². The normalized spacial score (nSPS) is 20.3. The van der Waals surface area contributed by atoms with Gasteiger partial charge in [-0.25, -0.2) is 4.98 Å². The lowest BCUT2D eigenvalue weighted by molar-refractivity contribution is -0.136. The van der Waals surface area contributed by atoms with Gasteiger partial charge in [-0.1, -0.05) is 11.6 Å². The Hall–Kier alpha value is -6.00. The van der Waals surface area contributed by atoms with Crippen LogP contribution in [-0.4, -0.2) is 114 Å². The Balaban J connectivity index is 0.765. The minimum atomic E-state index is -0.972. The number of amides is 5. The van der Waals surface area contributed by atoms with Crippen molar-refractivity contribution in [2.24, 2.45) is 11.3 Å². The zero-order valence-electron chi connectivity index (χ0n) is 35.7. The molecule has 7 heterocycles. The van der Waals surface area contributed by atoms with E-state index in [2.05, 4.69) is 30.7 Å². The molecule has 9 rings (SSSR count). The minimum absolute atomic E-state index is 0.0923. The smallest absolute Gasteiger partial charge is 0.293 e. The van der Waals surface area contributed by atoms with Crippen LogP contribution in [-0.2, 0) is 14.4 Å². The standard InChI is InChI=1S/C46H52ClN9O7/c1-27(2)55-36-7-4-30(18-29(36)19-38(45(55)62)63-24-41(58)48-3)50-35-21-39(49-22-34(35)47)53-14-10-28(11-15-53)23-52-16-12-46(13-17-52)25-54(26-46)31-5-6-32-33(20-31)44(61)56(43(32)60)37-8-9-40(57)51-42(37)59/h4-7,18-22,27-28,37H,8-17,23-26H2,1-3H3,(H,48,58)(H,49,50)(H,51,57,59). The van der Waals surface area contributed by atoms with Gasteiger partial charge in [-0.3, -0.25) is 39.0 Å². The molecule has 1 spiro atoms. The van der Waals surface area contributed by atoms with Crippen molar-refractivity contribution < 1.29 is 28.7 Å². The number of benzene rings is 2. The van der Waals surface area contributed by atoms with E-state index < -0.39 is 29.7 Å². The topological polar surface area (TPSA) is 179 Å². The SMILES string of the molecule is CNC(=O)COc1cc2cc(Nc3cc(N4CCC(CN5CCC6(CC5)CN(c5ccc7c(c5)C(=O)N(C5CCC(=O)NC5=O)C7=O)C6)CC4)ncc3Cl)ccc2n(C(C)C)c1=O. The molecule has 0 bridgehead atoms. The zero-order chi connectivity index (χ0) is 44.2. The Morgan fingerprint density at radius 3 is 2.38 bits per heavy atom. The van der Waals surface area contributed by atoms with Crippen LogP contribution in [0.2, 0.25) is 5.02 Å². The van der Waals surface area contributed by atoms with Gasteiger partial charge < -0.3 is 34.6 Å². The number of carbonyl (C=O) groups is 5. The highest BCUT2D eigenvalue weighted by Gasteiger charge is 2.47. The zero-order valence-corrected chi connectivity index (χ0v) is 36.5. The number of nitrogens with one attached hydrogen (secondary N) is 3. The number of imide groups is 2. The molecule has 0 saturated carbocycles. The summed E-state index contributed by atoms with van der Waals surface area (Å²) >= 11 is 6.67. The highest BCUT2D eigenvalue weighted by molar-refractivity contribution is 6.33. The van der Waals surface area contributed by atoms with E-state index in [9.17, 15) is 28.8 Å². The number of piperidine rings is 3. The minimum Gasteiger partial charge on any atom is -0.478 e. The van der Waals surface area contributed by atoms with Crippen LogP contribution < -0.4 is 36.0 Å². The average molecular weight is 878 g/mol. The molecule has 2 aromatic carbocycles. The molecule has 17 heteroatoms. The summed E-state index contributed by atoms with van der Waals surface area (Å²) in [5.41, 5.74) is 3.73. The summed E-state index contributed by atoms with van der Waals surface area (Å²) < 4.78 is 7.30. The molecule has 5 aliphatic rings. The van der Waals surface area contributed by atoms with Crippen LogP contribution in [0.3, 0.4) is 0 Å². The highest BCUT2D eigenvalue weighted by Crippen LogP contribution is 2.44. The maximum Gasteiger partial charge on any atom is 0.293 e. The van der Waals surface area contributed by atoms with Gasteiger partial charge in [-0.15, -0.1) is 0 Å². The summed E-state index contributed by atoms with van der Waals surface area (Å²) in [5.74, 6) is -0.721. The number of anilines is 4. The molecular formula is C46H52ClN9O7. The van der Waals surface area contributed by atoms with E-state index in [1.807, 2.05) is 44.2 Å². The molecule has 4 saturated heterocycles. The lowest BCUT2D eigenvalue weighted by Crippen LogP contribution is -2.60. The number of halogens is 1. The van der Waals surface area contributed by atoms with Crippen molar-refractivity contribution in [2.75, 3.05) is 74.6 Å². The molecule has 5 amide bonds. The number of ether oxygens (including phenoxy) is 1. The number of pyridine rings is 2. The van der Waals surface area contributed by atoms with Crippen molar-refractivity contribution in [1.29, 1.82) is 0 Å². The van der Waals surface area contributed by atoms with Crippen molar-refractivity contribution in [1.82, 2.24) is 30.0 Å². The fourth-order valence-corrected chi connectivity index (χ4v) is 10.1. The van der Waals surface area contributed by atoms with E-state index in [1.54, 1.807) is 29.0 Å². The molecule has 1 unspecified atom stereocenters. The van der Waals surface area contributed by atoms with Gasteiger partial charge in [0.2, 0.25) is 11.8 Å². The van der Waals surface area contributed by atoms with Gasteiger partial charge >= 0.3 is 0 Å². The average Bonchev–Trinajstić information content (AvgIpc) is 3.50. The van der Waals surface area contributed by atoms with E-state index in [0.717, 1.165) is 110 Å². The predicted octanol–water partition coefficient (Wildman–Crippen LogP) is 4.72. The summed E-state index contributed by atoms with van der Waals surface area (Å²) in [6, 6.07) is 13.7. The summed E-state index contributed by atoms with van der Waals surface area (Å²) in [6.45, 7) is 10.4. The number of rotatable bonds is 11. The van der Waals surface area contributed by atoms with Crippen LogP contribution in [0.5, 0.6) is 5.75 Å². The Morgan fingerprint density at radius 1 is 0.921 bits per heavy atom. The van der Waals surface area contributed by atoms with E-state index >= 15 is 0 Å². The first-order chi connectivity index (χ1) is 30.3. The molecule has 330 valence electrons. The number of carbonyl (C=O) groups excluding carboxylic acids is 5. The van der Waals surface area contributed by atoms with Crippen LogP contribution in [0.25, 0.3) is 10.9 Å². The number of hydrogen-bond donors (Lipinski definition) is 3. The number of nitrogens with zero attached hydrogens (tertiary/aromatic N) is 6. The first-order valence-corrected chi connectivity index (χ1v) is 22.2. The van der Waals surface area contributed by atoms with Crippen LogP contribution in [0.15, 0.2) is 59.5 Å². The van der Waals surface area contributed by atoms with E-state index in [1.165, 1.54) is 7.05 Å². The Bertz CT molecular complexity index is 2570. The van der Waals surface area contributed by atoms with Crippen molar-refractivity contribution in [3.8, 4) is 5.75 Å². The molecule has 5 aliphatic heterocycles. The van der Waals surface area contributed by atoms with Crippen LogP contribution in [0, 0.1) is 11.3 Å². The summed E-state index contributed by atoms with van der Waals surface area (Å²) in [5, 5.41) is 9.49. The Labute approximate surface area is 369 Å². The third-order valence-electron chi connectivity index (χ3n) is 13.5. The van der Waals surface area contributed by atoms with Crippen LogP contribution >= 0.6 is 11.6 Å². The monoisotopic (exact) mass is 877 g/mol. The molecule has 4 fully saturated rings. The number of aromatic nitrogens is 2. The van der Waals surface area contributed by atoms with Gasteiger partial charge in [0.15, 0.2) is 12.4 Å². The summed E-state index contributed by atoms with van der Waals surface area (Å²) in [6.07, 6.45) is 6.26. The molecule has 2 aromatic heterocycles. The molecule has 1 atom stereocenters. The largest absolute Gasteiger partial charge is 0.478 e. The Morgan fingerprint density at radius 2 is 1.67 bits per heavy atom. The number of fused-ring (bicyclic) bond motifs is 2. The first kappa shape index (κ1) is 42.3. The van der Waals surface area contributed by atoms with Crippen molar-refractivity contribution >= 4 is 74.9 Å².